The molecule has 2 rings (SSSR count). The minimum Gasteiger partial charge on any atom is -0.494 e. The van der Waals surface area contributed by atoms with Crippen molar-refractivity contribution in [3.8, 4) is 11.5 Å². The SMILES string of the molecule is CCCCOc1ccc(OC(=O)C2CCC(C)CC2)cc1. The standard InChI is InChI=1S/C18H26O3/c1-3-4-13-20-16-9-11-17(12-10-16)21-18(19)15-7-5-14(2)6-8-15/h9-12,14-15H,3-8,13H2,1-2H3. The average Bonchev–Trinajstić information content (AvgIpc) is 2.50. The number of carbonyl (C=O) groups excluding carboxylic acids is 1. The third kappa shape index (κ3) is 5.07. The van der Waals surface area contributed by atoms with Gasteiger partial charge < -0.3 is 9.47 Å². The normalized spacial score (nSPS) is 21.8. The largest absolute Gasteiger partial charge is 0.494 e. The van der Waals surface area contributed by atoms with Gasteiger partial charge in [-0.3, -0.25) is 4.79 Å². The summed E-state index contributed by atoms with van der Waals surface area (Å²) in [5.41, 5.74) is 0. The molecule has 0 N–H and O–H groups in total. The number of benzene rings is 1. The maximum atomic E-state index is 12.1. The van der Waals surface area contributed by atoms with Crippen LogP contribution in [0.3, 0.4) is 0 Å². The first-order valence-corrected chi connectivity index (χ1v) is 8.13. The highest BCUT2D eigenvalue weighted by Gasteiger charge is 2.25. The highest BCUT2D eigenvalue weighted by Crippen LogP contribution is 2.29. The second kappa shape index (κ2) is 8.06. The lowest BCUT2D eigenvalue weighted by Gasteiger charge is -2.24. The average molecular weight is 290 g/mol. The van der Waals surface area contributed by atoms with Gasteiger partial charge in [-0.1, -0.05) is 20.3 Å². The monoisotopic (exact) mass is 290 g/mol. The molecule has 0 heterocycles. The zero-order valence-corrected chi connectivity index (χ0v) is 13.1. The van der Waals surface area contributed by atoms with E-state index < -0.39 is 0 Å². The van der Waals surface area contributed by atoms with Crippen LogP contribution in [0.1, 0.15) is 52.4 Å². The molecule has 1 aromatic rings. The van der Waals surface area contributed by atoms with Gasteiger partial charge in [0, 0.05) is 0 Å². The van der Waals surface area contributed by atoms with E-state index in [4.69, 9.17) is 9.47 Å². The maximum absolute atomic E-state index is 12.1. The van der Waals surface area contributed by atoms with E-state index in [1.54, 1.807) is 0 Å². The van der Waals surface area contributed by atoms with Crippen molar-refractivity contribution in [2.24, 2.45) is 11.8 Å². The van der Waals surface area contributed by atoms with E-state index in [2.05, 4.69) is 13.8 Å². The molecule has 0 spiro atoms. The number of ether oxygens (including phenoxy) is 2. The Balaban J connectivity index is 1.81. The Bertz CT molecular complexity index is 430. The Morgan fingerprint density at radius 1 is 1.10 bits per heavy atom. The minimum absolute atomic E-state index is 0.0710. The number of carbonyl (C=O) groups is 1. The molecule has 3 heteroatoms. The lowest BCUT2D eigenvalue weighted by Crippen LogP contribution is -2.24. The van der Waals surface area contributed by atoms with Crippen molar-refractivity contribution in [2.45, 2.75) is 52.4 Å². The van der Waals surface area contributed by atoms with Crippen LogP contribution < -0.4 is 9.47 Å². The van der Waals surface area contributed by atoms with E-state index in [1.807, 2.05) is 24.3 Å². The van der Waals surface area contributed by atoms with Gasteiger partial charge in [0.1, 0.15) is 11.5 Å². The van der Waals surface area contributed by atoms with Crippen molar-refractivity contribution >= 4 is 5.97 Å². The van der Waals surface area contributed by atoms with Crippen LogP contribution >= 0.6 is 0 Å². The Morgan fingerprint density at radius 3 is 2.33 bits per heavy atom. The second-order valence-corrected chi connectivity index (χ2v) is 6.05. The molecule has 1 fully saturated rings. The first-order valence-electron chi connectivity index (χ1n) is 8.13. The molecule has 0 bridgehead atoms. The van der Waals surface area contributed by atoms with Crippen LogP contribution in [-0.4, -0.2) is 12.6 Å². The molecule has 0 aliphatic heterocycles. The van der Waals surface area contributed by atoms with E-state index in [9.17, 15) is 4.79 Å². The molecule has 1 aliphatic rings. The smallest absolute Gasteiger partial charge is 0.314 e. The molecular weight excluding hydrogens is 264 g/mol. The summed E-state index contributed by atoms with van der Waals surface area (Å²) in [6, 6.07) is 7.34. The molecule has 0 radical (unpaired) electrons. The van der Waals surface area contributed by atoms with Crippen LogP contribution in [0, 0.1) is 11.8 Å². The van der Waals surface area contributed by atoms with Crippen LogP contribution in [0.5, 0.6) is 11.5 Å². The molecule has 0 amide bonds. The van der Waals surface area contributed by atoms with Crippen LogP contribution in [0.15, 0.2) is 24.3 Å². The fraction of sp³-hybridized carbons (Fsp3) is 0.611. The zero-order chi connectivity index (χ0) is 15.1. The second-order valence-electron chi connectivity index (χ2n) is 6.05. The van der Waals surface area contributed by atoms with Gasteiger partial charge >= 0.3 is 5.97 Å². The van der Waals surface area contributed by atoms with Gasteiger partial charge in [0.2, 0.25) is 0 Å². The molecule has 0 saturated heterocycles. The van der Waals surface area contributed by atoms with E-state index in [0.717, 1.165) is 56.8 Å². The first kappa shape index (κ1) is 15.9. The van der Waals surface area contributed by atoms with Crippen LogP contribution in [0.4, 0.5) is 0 Å². The summed E-state index contributed by atoms with van der Waals surface area (Å²) in [6.07, 6.45) is 6.34. The van der Waals surface area contributed by atoms with Crippen molar-refractivity contribution < 1.29 is 14.3 Å². The summed E-state index contributed by atoms with van der Waals surface area (Å²) in [6.45, 7) is 5.12. The first-order chi connectivity index (χ1) is 10.2. The minimum atomic E-state index is -0.0819. The fourth-order valence-electron chi connectivity index (χ4n) is 2.63. The predicted octanol–water partition coefficient (Wildman–Crippen LogP) is 4.60. The summed E-state index contributed by atoms with van der Waals surface area (Å²) in [5, 5.41) is 0. The lowest BCUT2D eigenvalue weighted by molar-refractivity contribution is -0.140. The molecule has 1 aromatic carbocycles. The summed E-state index contributed by atoms with van der Waals surface area (Å²) in [5.74, 6) is 2.17. The van der Waals surface area contributed by atoms with Gasteiger partial charge in [-0.05, 0) is 62.3 Å². The van der Waals surface area contributed by atoms with Crippen molar-refractivity contribution in [1.82, 2.24) is 0 Å². The predicted molar refractivity (Wildman–Crippen MR) is 83.6 cm³/mol. The van der Waals surface area contributed by atoms with Gasteiger partial charge in [-0.15, -0.1) is 0 Å². The fourth-order valence-corrected chi connectivity index (χ4v) is 2.63. The molecular formula is C18H26O3. The van der Waals surface area contributed by atoms with Gasteiger partial charge in [0.25, 0.3) is 0 Å². The number of esters is 1. The van der Waals surface area contributed by atoms with E-state index >= 15 is 0 Å². The zero-order valence-electron chi connectivity index (χ0n) is 13.1. The van der Waals surface area contributed by atoms with Crippen LogP contribution in [-0.2, 0) is 4.79 Å². The number of hydrogen-bond acceptors (Lipinski definition) is 3. The van der Waals surface area contributed by atoms with E-state index in [0.29, 0.717) is 5.75 Å². The third-order valence-electron chi connectivity index (χ3n) is 4.16. The van der Waals surface area contributed by atoms with Crippen molar-refractivity contribution in [3.63, 3.8) is 0 Å². The van der Waals surface area contributed by atoms with Crippen molar-refractivity contribution in [3.05, 3.63) is 24.3 Å². The quantitative estimate of drug-likeness (QED) is 0.436. The Hall–Kier alpha value is -1.51. The lowest BCUT2D eigenvalue weighted by atomic mass is 9.83. The Labute approximate surface area is 127 Å². The molecule has 21 heavy (non-hydrogen) atoms. The highest BCUT2D eigenvalue weighted by atomic mass is 16.5. The summed E-state index contributed by atoms with van der Waals surface area (Å²) in [7, 11) is 0. The van der Waals surface area contributed by atoms with Gasteiger partial charge in [0.05, 0.1) is 12.5 Å². The Morgan fingerprint density at radius 2 is 1.71 bits per heavy atom. The van der Waals surface area contributed by atoms with Crippen molar-refractivity contribution in [1.29, 1.82) is 0 Å². The van der Waals surface area contributed by atoms with Crippen LogP contribution in [0.25, 0.3) is 0 Å². The molecule has 1 saturated carbocycles. The van der Waals surface area contributed by atoms with Gasteiger partial charge in [-0.25, -0.2) is 0 Å². The molecule has 0 aromatic heterocycles. The maximum Gasteiger partial charge on any atom is 0.314 e. The molecule has 3 nitrogen and oxygen atoms in total. The van der Waals surface area contributed by atoms with E-state index in [1.165, 1.54) is 0 Å². The number of unbranched alkanes of at least 4 members (excludes halogenated alkanes) is 1. The van der Waals surface area contributed by atoms with Crippen LogP contribution in [0.2, 0.25) is 0 Å². The van der Waals surface area contributed by atoms with E-state index in [-0.39, 0.29) is 11.9 Å². The molecule has 116 valence electrons. The number of rotatable bonds is 6. The topological polar surface area (TPSA) is 35.5 Å². The molecule has 0 atom stereocenters. The number of hydrogen-bond donors (Lipinski definition) is 0. The summed E-state index contributed by atoms with van der Waals surface area (Å²) >= 11 is 0. The highest BCUT2D eigenvalue weighted by molar-refractivity contribution is 5.75. The van der Waals surface area contributed by atoms with Crippen molar-refractivity contribution in [2.75, 3.05) is 6.61 Å². The third-order valence-corrected chi connectivity index (χ3v) is 4.16. The summed E-state index contributed by atoms with van der Waals surface area (Å²) in [4.78, 5) is 12.1. The summed E-state index contributed by atoms with van der Waals surface area (Å²) < 4.78 is 11.1. The molecule has 0 unspecified atom stereocenters. The Kier molecular flexibility index (Phi) is 6.09. The molecule has 1 aliphatic carbocycles. The van der Waals surface area contributed by atoms with Gasteiger partial charge in [0.15, 0.2) is 0 Å². The van der Waals surface area contributed by atoms with Gasteiger partial charge in [-0.2, -0.15) is 0 Å².